The van der Waals surface area contributed by atoms with E-state index in [1.54, 1.807) is 6.08 Å². The molecule has 0 saturated heterocycles. The Kier molecular flexibility index (Phi) is 6.32. The third-order valence-corrected chi connectivity index (χ3v) is 1.50. The van der Waals surface area contributed by atoms with E-state index >= 15 is 0 Å². The quantitative estimate of drug-likeness (QED) is 0.471. The van der Waals surface area contributed by atoms with Gasteiger partial charge in [-0.05, 0) is 19.4 Å². The van der Waals surface area contributed by atoms with Crippen LogP contribution in [0.25, 0.3) is 0 Å². The summed E-state index contributed by atoms with van der Waals surface area (Å²) in [6.07, 6.45) is 2.93. The van der Waals surface area contributed by atoms with E-state index < -0.39 is 12.0 Å². The van der Waals surface area contributed by atoms with Crippen LogP contribution in [0.4, 0.5) is 0 Å². The molecule has 0 aromatic rings. The van der Waals surface area contributed by atoms with E-state index in [4.69, 9.17) is 10.8 Å². The molecule has 0 amide bonds. The zero-order chi connectivity index (χ0) is 9.40. The number of carboxylic acids is 1. The molecule has 0 aromatic heterocycles. The van der Waals surface area contributed by atoms with Crippen molar-refractivity contribution in [3.05, 3.63) is 12.7 Å². The monoisotopic (exact) mass is 172 g/mol. The summed E-state index contributed by atoms with van der Waals surface area (Å²) in [5, 5.41) is 11.5. The van der Waals surface area contributed by atoms with Crippen molar-refractivity contribution in [1.29, 1.82) is 0 Å². The van der Waals surface area contributed by atoms with Crippen LogP contribution in [0, 0.1) is 0 Å². The van der Waals surface area contributed by atoms with Gasteiger partial charge in [0.2, 0.25) is 0 Å². The van der Waals surface area contributed by atoms with Crippen LogP contribution in [-0.2, 0) is 4.79 Å². The Morgan fingerprint density at radius 2 is 2.42 bits per heavy atom. The second-order valence-electron chi connectivity index (χ2n) is 2.52. The number of rotatable bonds is 7. The average Bonchev–Trinajstić information content (AvgIpc) is 2.04. The van der Waals surface area contributed by atoms with Crippen LogP contribution in [0.2, 0.25) is 0 Å². The van der Waals surface area contributed by atoms with Crippen molar-refractivity contribution < 1.29 is 9.90 Å². The molecule has 12 heavy (non-hydrogen) atoms. The van der Waals surface area contributed by atoms with Gasteiger partial charge >= 0.3 is 5.97 Å². The molecule has 0 bridgehead atoms. The van der Waals surface area contributed by atoms with E-state index in [9.17, 15) is 4.79 Å². The molecular weight excluding hydrogens is 156 g/mol. The number of carbonyl (C=O) groups is 1. The van der Waals surface area contributed by atoms with Crippen molar-refractivity contribution in [3.63, 3.8) is 0 Å². The van der Waals surface area contributed by atoms with Gasteiger partial charge < -0.3 is 16.2 Å². The normalized spacial score (nSPS) is 12.4. The lowest BCUT2D eigenvalue weighted by molar-refractivity contribution is -0.139. The third kappa shape index (κ3) is 4.87. The van der Waals surface area contributed by atoms with Crippen molar-refractivity contribution in [1.82, 2.24) is 5.32 Å². The smallest absolute Gasteiger partial charge is 0.320 e. The van der Waals surface area contributed by atoms with E-state index in [1.807, 2.05) is 0 Å². The van der Waals surface area contributed by atoms with Crippen LogP contribution in [0.3, 0.4) is 0 Å². The van der Waals surface area contributed by atoms with E-state index in [1.165, 1.54) is 0 Å². The Hall–Kier alpha value is -0.870. The number of hydrogen-bond donors (Lipinski definition) is 3. The Bertz CT molecular complexity index is 148. The van der Waals surface area contributed by atoms with E-state index in [2.05, 4.69) is 11.9 Å². The maximum Gasteiger partial charge on any atom is 0.320 e. The predicted molar refractivity (Wildman–Crippen MR) is 47.9 cm³/mol. The van der Waals surface area contributed by atoms with Crippen molar-refractivity contribution in [3.8, 4) is 0 Å². The van der Waals surface area contributed by atoms with Crippen molar-refractivity contribution in [2.24, 2.45) is 5.73 Å². The van der Waals surface area contributed by atoms with Crippen LogP contribution in [0.15, 0.2) is 12.7 Å². The zero-order valence-corrected chi connectivity index (χ0v) is 7.12. The first-order chi connectivity index (χ1) is 5.72. The summed E-state index contributed by atoms with van der Waals surface area (Å²) in [6, 6.07) is -0.494. The molecule has 0 aromatic carbocycles. The lowest BCUT2D eigenvalue weighted by Crippen LogP contribution is -2.37. The highest BCUT2D eigenvalue weighted by Gasteiger charge is 2.14. The fraction of sp³-hybridized carbons (Fsp3) is 0.625. The lowest BCUT2D eigenvalue weighted by Gasteiger charge is -2.11. The molecule has 0 aliphatic carbocycles. The number of hydrogen-bond acceptors (Lipinski definition) is 3. The van der Waals surface area contributed by atoms with E-state index in [0.717, 1.165) is 6.42 Å². The summed E-state index contributed by atoms with van der Waals surface area (Å²) in [4.78, 5) is 10.6. The molecule has 0 aliphatic rings. The third-order valence-electron chi connectivity index (χ3n) is 1.50. The predicted octanol–water partition coefficient (Wildman–Crippen LogP) is -0.0459. The largest absolute Gasteiger partial charge is 0.480 e. The highest BCUT2D eigenvalue weighted by Crippen LogP contribution is 1.95. The highest BCUT2D eigenvalue weighted by molar-refractivity contribution is 5.73. The van der Waals surface area contributed by atoms with Gasteiger partial charge in [0.05, 0.1) is 0 Å². The van der Waals surface area contributed by atoms with Gasteiger partial charge in [0.1, 0.15) is 6.04 Å². The minimum absolute atomic E-state index is 0.494. The van der Waals surface area contributed by atoms with Gasteiger partial charge in [0.25, 0.3) is 0 Å². The summed E-state index contributed by atoms with van der Waals surface area (Å²) in [5.41, 5.74) is 5.26. The minimum atomic E-state index is -0.828. The zero-order valence-electron chi connectivity index (χ0n) is 7.12. The molecule has 0 heterocycles. The van der Waals surface area contributed by atoms with Gasteiger partial charge in [-0.3, -0.25) is 4.79 Å². The number of aliphatic carboxylic acids is 1. The average molecular weight is 172 g/mol. The molecule has 0 unspecified atom stereocenters. The molecule has 4 N–H and O–H groups in total. The number of nitrogens with two attached hydrogens (primary N) is 1. The summed E-state index contributed by atoms with van der Waals surface area (Å²) >= 11 is 0. The van der Waals surface area contributed by atoms with Crippen LogP contribution in [0.1, 0.15) is 12.8 Å². The van der Waals surface area contributed by atoms with Crippen molar-refractivity contribution in [2.75, 3.05) is 13.1 Å². The Morgan fingerprint density at radius 3 is 2.83 bits per heavy atom. The Balaban J connectivity index is 3.69. The molecule has 0 aliphatic heterocycles. The van der Waals surface area contributed by atoms with Gasteiger partial charge in [-0.25, -0.2) is 0 Å². The van der Waals surface area contributed by atoms with Gasteiger partial charge in [0, 0.05) is 6.54 Å². The van der Waals surface area contributed by atoms with E-state index in [-0.39, 0.29) is 0 Å². The van der Waals surface area contributed by atoms with Crippen molar-refractivity contribution in [2.45, 2.75) is 18.9 Å². The summed E-state index contributed by atoms with van der Waals surface area (Å²) in [5.74, 6) is -0.828. The first-order valence-electron chi connectivity index (χ1n) is 3.99. The van der Waals surface area contributed by atoms with Crippen LogP contribution in [-0.4, -0.2) is 30.2 Å². The summed E-state index contributed by atoms with van der Waals surface area (Å²) in [7, 11) is 0. The fourth-order valence-corrected chi connectivity index (χ4v) is 0.860. The van der Waals surface area contributed by atoms with E-state index in [0.29, 0.717) is 19.5 Å². The molecule has 4 heteroatoms. The fourth-order valence-electron chi connectivity index (χ4n) is 0.860. The number of carboxylic acid groups (broad SMARTS) is 1. The molecule has 0 rings (SSSR count). The standard InChI is InChI=1S/C8H16N2O2/c1-2-6-10-7(8(11)12)4-3-5-9/h2,7,10H,1,3-6,9H2,(H,11,12)/t7-/m0/s1. The first kappa shape index (κ1) is 11.1. The second kappa shape index (κ2) is 6.82. The lowest BCUT2D eigenvalue weighted by atomic mass is 10.1. The minimum Gasteiger partial charge on any atom is -0.480 e. The van der Waals surface area contributed by atoms with Crippen LogP contribution < -0.4 is 11.1 Å². The molecule has 0 spiro atoms. The Labute approximate surface area is 72.4 Å². The van der Waals surface area contributed by atoms with Gasteiger partial charge in [0.15, 0.2) is 0 Å². The molecule has 0 saturated carbocycles. The summed E-state index contributed by atoms with van der Waals surface area (Å²) in [6.45, 7) is 4.53. The Morgan fingerprint density at radius 1 is 1.75 bits per heavy atom. The molecular formula is C8H16N2O2. The highest BCUT2D eigenvalue weighted by atomic mass is 16.4. The van der Waals surface area contributed by atoms with Gasteiger partial charge in [-0.2, -0.15) is 0 Å². The second-order valence-corrected chi connectivity index (χ2v) is 2.52. The summed E-state index contributed by atoms with van der Waals surface area (Å²) < 4.78 is 0. The molecule has 0 fully saturated rings. The SMILES string of the molecule is C=CCN[C@@H](CCCN)C(=O)O. The molecule has 1 atom stereocenters. The van der Waals surface area contributed by atoms with Gasteiger partial charge in [-0.15, -0.1) is 6.58 Å². The molecule has 70 valence electrons. The maximum absolute atomic E-state index is 10.6. The topological polar surface area (TPSA) is 75.3 Å². The first-order valence-corrected chi connectivity index (χ1v) is 3.99. The number of nitrogens with one attached hydrogen (secondary N) is 1. The molecule has 4 nitrogen and oxygen atoms in total. The molecule has 0 radical (unpaired) electrons. The van der Waals surface area contributed by atoms with Crippen molar-refractivity contribution >= 4 is 5.97 Å². The maximum atomic E-state index is 10.6. The van der Waals surface area contributed by atoms with Crippen LogP contribution >= 0.6 is 0 Å². The van der Waals surface area contributed by atoms with Crippen LogP contribution in [0.5, 0.6) is 0 Å². The van der Waals surface area contributed by atoms with Gasteiger partial charge in [-0.1, -0.05) is 6.08 Å².